The summed E-state index contributed by atoms with van der Waals surface area (Å²) in [5.41, 5.74) is 6.07. The average Bonchev–Trinajstić information content (AvgIpc) is 2.73. The molecule has 1 aliphatic heterocycles. The Labute approximate surface area is 150 Å². The summed E-state index contributed by atoms with van der Waals surface area (Å²) < 4.78 is 0. The summed E-state index contributed by atoms with van der Waals surface area (Å²) >= 11 is 0. The summed E-state index contributed by atoms with van der Waals surface area (Å²) in [4.78, 5) is 0. The van der Waals surface area contributed by atoms with Crippen LogP contribution in [0, 0.1) is 0 Å². The first-order valence-electron chi connectivity index (χ1n) is 9.14. The molecule has 0 amide bonds. The van der Waals surface area contributed by atoms with Crippen LogP contribution < -0.4 is 0 Å². The molecule has 0 aromatic heterocycles. The zero-order valence-corrected chi connectivity index (χ0v) is 15.8. The molecule has 0 aliphatic carbocycles. The number of rotatable bonds is 0. The first-order chi connectivity index (χ1) is 12.1. The van der Waals surface area contributed by atoms with Crippen molar-refractivity contribution in [3.8, 4) is 11.1 Å². The summed E-state index contributed by atoms with van der Waals surface area (Å²) in [5, 5.41) is 5.51. The topological polar surface area (TPSA) is 0 Å². The molecule has 4 aromatic rings. The van der Waals surface area contributed by atoms with E-state index in [1.54, 1.807) is 11.1 Å². The number of hydrogen-bond donors (Lipinski definition) is 0. The van der Waals surface area contributed by atoms with Crippen LogP contribution in [-0.2, 0) is 12.3 Å². The van der Waals surface area contributed by atoms with E-state index in [4.69, 9.17) is 0 Å². The molecule has 0 spiro atoms. The molecule has 5 rings (SSSR count). The second kappa shape index (κ2) is 5.45. The van der Waals surface area contributed by atoms with Crippen LogP contribution in [0.4, 0.5) is 0 Å². The Balaban J connectivity index is 2.00. The van der Waals surface area contributed by atoms with E-state index in [2.05, 4.69) is 87.0 Å². The van der Waals surface area contributed by atoms with Gasteiger partial charge < -0.3 is 0 Å². The van der Waals surface area contributed by atoms with Gasteiger partial charge in [-0.2, -0.15) is 0 Å². The monoisotopic (exact) mass is 340 g/mol. The first-order valence-corrected chi connectivity index (χ1v) is 12.6. The normalized spacial score (nSPS) is 16.8. The van der Waals surface area contributed by atoms with Gasteiger partial charge in [0.2, 0.25) is 0 Å². The van der Waals surface area contributed by atoms with Crippen molar-refractivity contribution in [3.63, 3.8) is 0 Å². The molecule has 0 N–H and O–H groups in total. The maximum absolute atomic E-state index is 2.54. The second-order valence-corrected chi connectivity index (χ2v) is 13.2. The Bertz CT molecular complexity index is 1040. The van der Waals surface area contributed by atoms with E-state index in [0.717, 1.165) is 0 Å². The van der Waals surface area contributed by atoms with Crippen LogP contribution >= 0.6 is 7.14 Å². The molecule has 1 aliphatic rings. The summed E-state index contributed by atoms with van der Waals surface area (Å²) in [5.74, 6) is 0. The van der Waals surface area contributed by atoms with E-state index in [0.29, 0.717) is 0 Å². The van der Waals surface area contributed by atoms with E-state index in [9.17, 15) is 0 Å². The van der Waals surface area contributed by atoms with Crippen molar-refractivity contribution in [1.82, 2.24) is 0 Å². The molecule has 0 saturated heterocycles. The van der Waals surface area contributed by atoms with Crippen LogP contribution in [0.3, 0.4) is 0 Å². The van der Waals surface area contributed by atoms with Gasteiger partial charge in [0.1, 0.15) is 0 Å². The predicted octanol–water partition coefficient (Wildman–Crippen LogP) is 5.60. The van der Waals surface area contributed by atoms with E-state index >= 15 is 0 Å². The van der Waals surface area contributed by atoms with Gasteiger partial charge in [0, 0.05) is 0 Å². The van der Waals surface area contributed by atoms with E-state index in [1.807, 2.05) is 0 Å². The van der Waals surface area contributed by atoms with Crippen LogP contribution in [0.1, 0.15) is 11.1 Å². The van der Waals surface area contributed by atoms with Gasteiger partial charge in [-0.3, -0.25) is 0 Å². The fourth-order valence-corrected chi connectivity index (χ4v) is 7.39. The summed E-state index contributed by atoms with van der Waals surface area (Å²) in [6.07, 6.45) is 2.52. The van der Waals surface area contributed by atoms with Gasteiger partial charge in [0.25, 0.3) is 0 Å². The first kappa shape index (κ1) is 15.2. The molecule has 25 heavy (non-hydrogen) atoms. The van der Waals surface area contributed by atoms with Crippen molar-refractivity contribution in [2.75, 3.05) is 6.66 Å². The Morgan fingerprint density at radius 3 is 1.56 bits per heavy atom. The number of benzene rings is 4. The van der Waals surface area contributed by atoms with Crippen LogP contribution in [0.5, 0.6) is 0 Å². The van der Waals surface area contributed by atoms with Gasteiger partial charge in [-0.15, -0.1) is 0 Å². The maximum atomic E-state index is 2.54. The van der Waals surface area contributed by atoms with Gasteiger partial charge in [-0.25, -0.2) is 0 Å². The van der Waals surface area contributed by atoms with Gasteiger partial charge >= 0.3 is 150 Å². The molecule has 0 radical (unpaired) electrons. The van der Waals surface area contributed by atoms with Crippen molar-refractivity contribution in [2.45, 2.75) is 12.3 Å². The van der Waals surface area contributed by atoms with Crippen LogP contribution in [0.25, 0.3) is 32.7 Å². The minimum absolute atomic E-state index is 1.26. The third-order valence-electron chi connectivity index (χ3n) is 5.62. The molecule has 122 valence electrons. The zero-order chi connectivity index (χ0) is 17.0. The number of fused-ring (bicyclic) bond motifs is 7. The van der Waals surface area contributed by atoms with Gasteiger partial charge in [-0.1, -0.05) is 0 Å². The molecule has 4 aromatic carbocycles. The van der Waals surface area contributed by atoms with Gasteiger partial charge in [-0.05, 0) is 0 Å². The summed E-state index contributed by atoms with van der Waals surface area (Å²) in [7, 11) is 1.22. The summed E-state index contributed by atoms with van der Waals surface area (Å²) in [6, 6.07) is 27.2. The standard InChI is InChI=1S/C23H22BP/c1-25(24)14-18-12-10-16-6-2-4-8-20(16)22(18)23-19(15-25)13-11-17-7-3-5-9-21(17)23/h2-13,25H,14-15,24H2,1H3. The van der Waals surface area contributed by atoms with E-state index in [1.165, 1.54) is 45.0 Å². The Morgan fingerprint density at radius 1 is 0.640 bits per heavy atom. The van der Waals surface area contributed by atoms with Crippen molar-refractivity contribution in [2.24, 2.45) is 0 Å². The average molecular weight is 340 g/mol. The SMILES string of the molecule is B[PH]1(C)Cc2ccc3ccccc3c2-c2c(ccc3ccccc23)C1. The zero-order valence-electron chi connectivity index (χ0n) is 14.8. The molecule has 0 nitrogen and oxygen atoms in total. The van der Waals surface area contributed by atoms with Gasteiger partial charge in [0.05, 0.1) is 0 Å². The van der Waals surface area contributed by atoms with Crippen molar-refractivity contribution < 1.29 is 0 Å². The number of hydrogen-bond acceptors (Lipinski definition) is 0. The van der Waals surface area contributed by atoms with Crippen molar-refractivity contribution in [3.05, 3.63) is 83.9 Å². The molecule has 0 atom stereocenters. The minimum atomic E-state index is -1.32. The molecule has 0 saturated carbocycles. The Kier molecular flexibility index (Phi) is 3.31. The van der Waals surface area contributed by atoms with E-state index in [-0.39, 0.29) is 0 Å². The van der Waals surface area contributed by atoms with Crippen molar-refractivity contribution in [1.29, 1.82) is 0 Å². The predicted molar refractivity (Wildman–Crippen MR) is 117 cm³/mol. The molecular formula is C23H22BP. The Morgan fingerprint density at radius 2 is 1.08 bits per heavy atom. The molecule has 0 unspecified atom stereocenters. The van der Waals surface area contributed by atoms with Crippen LogP contribution in [-0.4, -0.2) is 14.2 Å². The van der Waals surface area contributed by atoms with Gasteiger partial charge in [0.15, 0.2) is 0 Å². The van der Waals surface area contributed by atoms with E-state index < -0.39 is 7.14 Å². The summed E-state index contributed by atoms with van der Waals surface area (Å²) in [6.45, 7) is 2.54. The molecule has 0 fully saturated rings. The molecular weight excluding hydrogens is 318 g/mol. The molecule has 0 bridgehead atoms. The second-order valence-electron chi connectivity index (χ2n) is 8.16. The fourth-order valence-electron chi connectivity index (χ4n) is 4.61. The third-order valence-corrected chi connectivity index (χ3v) is 8.29. The quantitative estimate of drug-likeness (QED) is 0.289. The molecule has 2 heteroatoms. The third kappa shape index (κ3) is 2.42. The Hall–Kier alpha value is -2.11. The van der Waals surface area contributed by atoms with Crippen LogP contribution in [0.2, 0.25) is 0 Å². The molecule has 1 heterocycles. The van der Waals surface area contributed by atoms with Crippen molar-refractivity contribution >= 4 is 36.3 Å². The van der Waals surface area contributed by atoms with Crippen LogP contribution in [0.15, 0.2) is 72.8 Å². The fraction of sp³-hybridized carbons (Fsp3) is 0.130.